The van der Waals surface area contributed by atoms with Crippen LogP contribution in [0.25, 0.3) is 42.1 Å². The number of hydrogen-bond donors (Lipinski definition) is 1. The van der Waals surface area contributed by atoms with E-state index in [2.05, 4.69) is 84.2 Å². The van der Waals surface area contributed by atoms with E-state index in [0.717, 1.165) is 31.8 Å². The van der Waals surface area contributed by atoms with Crippen LogP contribution in [0, 0.1) is 5.82 Å². The summed E-state index contributed by atoms with van der Waals surface area (Å²) < 4.78 is 24.0. The molecule has 1 unspecified atom stereocenters. The zero-order valence-electron chi connectivity index (χ0n) is 20.1. The molecule has 1 N–H and O–H groups in total. The first-order valence-corrected chi connectivity index (χ1v) is 15.2. The standard InChI is InChI=1S/C31H18Br3FO3S/c32-22-14-17(15-23(33)29(22)38-24(31(36)37)13-16-9-11-18(35)12-10-16)26-19-5-1-2-6-20(19)28(34)30-27(26)21-7-3-4-8-25(21)39-30/h1-12,14-15,24H,13H2,(H,36,37). The molecule has 6 aromatic rings. The minimum absolute atomic E-state index is 0.0924. The second kappa shape index (κ2) is 10.7. The summed E-state index contributed by atoms with van der Waals surface area (Å²) in [5, 5.41) is 14.4. The van der Waals surface area contributed by atoms with Gasteiger partial charge in [-0.15, -0.1) is 11.3 Å². The lowest BCUT2D eigenvalue weighted by Gasteiger charge is -2.19. The van der Waals surface area contributed by atoms with Gasteiger partial charge in [-0.05, 0) is 106 Å². The molecule has 0 spiro atoms. The Morgan fingerprint density at radius 3 is 2.15 bits per heavy atom. The van der Waals surface area contributed by atoms with Gasteiger partial charge in [0.2, 0.25) is 0 Å². The molecule has 1 heterocycles. The minimum atomic E-state index is -1.16. The van der Waals surface area contributed by atoms with Crippen molar-refractivity contribution in [3.63, 3.8) is 0 Å². The molecule has 0 aliphatic rings. The van der Waals surface area contributed by atoms with Crippen molar-refractivity contribution in [1.29, 1.82) is 0 Å². The maximum absolute atomic E-state index is 13.3. The fraction of sp³-hybridized carbons (Fsp3) is 0.0645. The fourth-order valence-corrected chi connectivity index (χ4v) is 8.19. The number of aliphatic carboxylic acids is 1. The van der Waals surface area contributed by atoms with E-state index in [-0.39, 0.29) is 12.2 Å². The molecule has 0 aliphatic carbocycles. The van der Waals surface area contributed by atoms with E-state index in [1.165, 1.54) is 26.9 Å². The van der Waals surface area contributed by atoms with E-state index in [1.54, 1.807) is 23.5 Å². The van der Waals surface area contributed by atoms with Crippen molar-refractivity contribution in [1.82, 2.24) is 0 Å². The summed E-state index contributed by atoms with van der Waals surface area (Å²) in [6.45, 7) is 0. The number of carbonyl (C=O) groups is 1. The Hall–Kier alpha value is -2.78. The second-order valence-corrected chi connectivity index (χ2v) is 12.6. The third-order valence-corrected chi connectivity index (χ3v) is 10.1. The van der Waals surface area contributed by atoms with Crippen LogP contribution < -0.4 is 4.74 Å². The first-order chi connectivity index (χ1) is 18.8. The predicted octanol–water partition coefficient (Wildman–Crippen LogP) is 10.4. The molecule has 1 aromatic heterocycles. The smallest absolute Gasteiger partial charge is 0.345 e. The minimum Gasteiger partial charge on any atom is -0.478 e. The van der Waals surface area contributed by atoms with E-state index >= 15 is 0 Å². The topological polar surface area (TPSA) is 46.5 Å². The molecule has 194 valence electrons. The fourth-order valence-electron chi connectivity index (χ4n) is 4.87. The Bertz CT molecular complexity index is 1880. The van der Waals surface area contributed by atoms with E-state index in [9.17, 15) is 14.3 Å². The number of thiophene rings is 1. The van der Waals surface area contributed by atoms with Gasteiger partial charge < -0.3 is 9.84 Å². The summed E-state index contributed by atoms with van der Waals surface area (Å²) in [4.78, 5) is 12.1. The number of benzene rings is 5. The molecular formula is C31H18Br3FO3S. The van der Waals surface area contributed by atoms with Crippen molar-refractivity contribution in [2.75, 3.05) is 0 Å². The van der Waals surface area contributed by atoms with Gasteiger partial charge in [-0.1, -0.05) is 54.6 Å². The molecule has 1 atom stereocenters. The van der Waals surface area contributed by atoms with Crippen LogP contribution in [-0.2, 0) is 11.2 Å². The van der Waals surface area contributed by atoms with Crippen LogP contribution in [0.1, 0.15) is 5.56 Å². The van der Waals surface area contributed by atoms with Crippen LogP contribution in [0.4, 0.5) is 4.39 Å². The normalized spacial score (nSPS) is 12.3. The molecule has 6 rings (SSSR count). The zero-order chi connectivity index (χ0) is 27.3. The highest BCUT2D eigenvalue weighted by molar-refractivity contribution is 9.11. The summed E-state index contributed by atoms with van der Waals surface area (Å²) in [5.74, 6) is -1.09. The van der Waals surface area contributed by atoms with Crippen LogP contribution in [0.15, 0.2) is 98.3 Å². The molecule has 0 saturated carbocycles. The van der Waals surface area contributed by atoms with Crippen LogP contribution in [0.5, 0.6) is 5.75 Å². The summed E-state index contributed by atoms with van der Waals surface area (Å²) in [7, 11) is 0. The van der Waals surface area contributed by atoms with E-state index in [4.69, 9.17) is 4.74 Å². The second-order valence-electron chi connectivity index (χ2n) is 9.08. The Balaban J connectivity index is 1.50. The molecule has 0 amide bonds. The van der Waals surface area contributed by atoms with E-state index in [1.807, 2.05) is 24.3 Å². The van der Waals surface area contributed by atoms with Crippen molar-refractivity contribution >= 4 is 96.0 Å². The van der Waals surface area contributed by atoms with Gasteiger partial charge in [0, 0.05) is 26.4 Å². The molecule has 0 radical (unpaired) electrons. The number of carboxylic acid groups (broad SMARTS) is 1. The Morgan fingerprint density at radius 1 is 0.872 bits per heavy atom. The van der Waals surface area contributed by atoms with Gasteiger partial charge in [0.15, 0.2) is 6.10 Å². The lowest BCUT2D eigenvalue weighted by atomic mass is 9.93. The monoisotopic (exact) mass is 726 g/mol. The van der Waals surface area contributed by atoms with Crippen molar-refractivity contribution < 1.29 is 19.0 Å². The lowest BCUT2D eigenvalue weighted by molar-refractivity contribution is -0.145. The molecule has 39 heavy (non-hydrogen) atoms. The van der Waals surface area contributed by atoms with Crippen LogP contribution in [-0.4, -0.2) is 17.2 Å². The number of hydrogen-bond acceptors (Lipinski definition) is 3. The molecule has 5 aromatic carbocycles. The van der Waals surface area contributed by atoms with Crippen molar-refractivity contribution in [2.45, 2.75) is 12.5 Å². The first kappa shape index (κ1) is 26.4. The summed E-state index contributed by atoms with van der Waals surface area (Å²) in [6, 6.07) is 26.4. The largest absolute Gasteiger partial charge is 0.478 e. The number of fused-ring (bicyclic) bond motifs is 4. The maximum Gasteiger partial charge on any atom is 0.345 e. The van der Waals surface area contributed by atoms with E-state index < -0.39 is 12.1 Å². The van der Waals surface area contributed by atoms with Gasteiger partial charge in [0.1, 0.15) is 11.6 Å². The predicted molar refractivity (Wildman–Crippen MR) is 168 cm³/mol. The molecule has 8 heteroatoms. The summed E-state index contributed by atoms with van der Waals surface area (Å²) >= 11 is 12.9. The van der Waals surface area contributed by atoms with Crippen LogP contribution in [0.2, 0.25) is 0 Å². The average Bonchev–Trinajstić information content (AvgIpc) is 3.31. The Labute approximate surface area is 252 Å². The number of halogens is 4. The number of carboxylic acids is 1. The van der Waals surface area contributed by atoms with Gasteiger partial charge in [-0.25, -0.2) is 9.18 Å². The van der Waals surface area contributed by atoms with Gasteiger partial charge in [-0.2, -0.15) is 0 Å². The van der Waals surface area contributed by atoms with Crippen LogP contribution in [0.3, 0.4) is 0 Å². The van der Waals surface area contributed by atoms with E-state index in [0.29, 0.717) is 20.3 Å². The SMILES string of the molecule is O=C(O)C(Cc1ccc(F)cc1)Oc1c(Br)cc(-c2c3ccccc3c(Br)c3sc4ccccc4c23)cc1Br. The highest BCUT2D eigenvalue weighted by Crippen LogP contribution is 2.50. The number of rotatable bonds is 6. The lowest BCUT2D eigenvalue weighted by Crippen LogP contribution is -2.29. The van der Waals surface area contributed by atoms with Crippen molar-refractivity contribution in [3.8, 4) is 16.9 Å². The molecular weight excluding hydrogens is 711 g/mol. The zero-order valence-corrected chi connectivity index (χ0v) is 25.6. The Kier molecular flexibility index (Phi) is 7.22. The van der Waals surface area contributed by atoms with Crippen molar-refractivity contribution in [2.24, 2.45) is 0 Å². The third kappa shape index (κ3) is 4.88. The van der Waals surface area contributed by atoms with Crippen LogP contribution >= 0.6 is 59.1 Å². The molecule has 0 saturated heterocycles. The van der Waals surface area contributed by atoms with Gasteiger partial charge in [-0.3, -0.25) is 0 Å². The third-order valence-electron chi connectivity index (χ3n) is 6.63. The van der Waals surface area contributed by atoms with Crippen molar-refractivity contribution in [3.05, 3.63) is 110 Å². The summed E-state index contributed by atoms with van der Waals surface area (Å²) in [5.41, 5.74) is 2.72. The highest BCUT2D eigenvalue weighted by atomic mass is 79.9. The highest BCUT2D eigenvalue weighted by Gasteiger charge is 2.25. The molecule has 0 fully saturated rings. The maximum atomic E-state index is 13.3. The quantitative estimate of drug-likeness (QED) is 0.186. The Morgan fingerprint density at radius 2 is 1.49 bits per heavy atom. The molecule has 0 aliphatic heterocycles. The van der Waals surface area contributed by atoms with Gasteiger partial charge in [0.25, 0.3) is 0 Å². The molecule has 0 bridgehead atoms. The summed E-state index contributed by atoms with van der Waals surface area (Å²) in [6.07, 6.45) is -1.07. The first-order valence-electron chi connectivity index (χ1n) is 12.0. The van der Waals surface area contributed by atoms with Gasteiger partial charge >= 0.3 is 5.97 Å². The molecule has 3 nitrogen and oxygen atoms in total. The van der Waals surface area contributed by atoms with Gasteiger partial charge in [0.05, 0.1) is 13.6 Å². The number of ether oxygens (including phenoxy) is 1. The average molecular weight is 729 g/mol.